The van der Waals surface area contributed by atoms with Gasteiger partial charge in [0.25, 0.3) is 0 Å². The monoisotopic (exact) mass is 616 g/mol. The van der Waals surface area contributed by atoms with Gasteiger partial charge in [0, 0.05) is 0 Å². The van der Waals surface area contributed by atoms with Crippen LogP contribution in [-0.4, -0.2) is 34.5 Å². The molecule has 3 heteroatoms. The van der Waals surface area contributed by atoms with Crippen LogP contribution in [0.3, 0.4) is 0 Å². The molecule has 5 unspecified atom stereocenters. The Bertz CT molecular complexity index is 401. The molecular formula is C17H31I3-2. The van der Waals surface area contributed by atoms with Crippen molar-refractivity contribution in [2.75, 3.05) is 23.1 Å². The Morgan fingerprint density at radius 2 is 2.20 bits per heavy atom. The fraction of sp³-hybridized carbons (Fsp3) is 0.824. The fourth-order valence-electron chi connectivity index (χ4n) is 4.07. The molecule has 2 fully saturated rings. The summed E-state index contributed by atoms with van der Waals surface area (Å²) >= 11 is -0.776. The van der Waals surface area contributed by atoms with Gasteiger partial charge in [0.2, 0.25) is 0 Å². The van der Waals surface area contributed by atoms with Crippen LogP contribution >= 0.6 is 20.7 Å². The topological polar surface area (TPSA) is 0 Å². The Balaban J connectivity index is 2.23. The Kier molecular flexibility index (Phi) is 6.88. The first-order chi connectivity index (χ1) is 9.49. The number of allylic oxidation sites excluding steroid dienone is 1. The van der Waals surface area contributed by atoms with Crippen molar-refractivity contribution < 1.29 is 39.6 Å². The van der Waals surface area contributed by atoms with Crippen LogP contribution in [0.2, 0.25) is 0 Å². The second-order valence-corrected chi connectivity index (χ2v) is 22.8. The van der Waals surface area contributed by atoms with E-state index in [0.717, 1.165) is 19.7 Å². The zero-order valence-electron chi connectivity index (χ0n) is 13.7. The van der Waals surface area contributed by atoms with Gasteiger partial charge in [-0.1, -0.05) is 0 Å². The molecule has 5 atom stereocenters. The van der Waals surface area contributed by atoms with Gasteiger partial charge in [0.05, 0.1) is 0 Å². The number of alkyl halides is 7. The van der Waals surface area contributed by atoms with Crippen molar-refractivity contribution in [3.63, 3.8) is 0 Å². The molecule has 0 spiro atoms. The summed E-state index contributed by atoms with van der Waals surface area (Å²) in [4.78, 5) is 4.95. The summed E-state index contributed by atoms with van der Waals surface area (Å²) in [7, 11) is 0. The van der Waals surface area contributed by atoms with Crippen LogP contribution in [0.1, 0.15) is 33.6 Å². The van der Waals surface area contributed by atoms with Crippen molar-refractivity contribution >= 4 is 24.2 Å². The van der Waals surface area contributed by atoms with Crippen molar-refractivity contribution in [1.29, 1.82) is 0 Å². The molecule has 0 N–H and O–H groups in total. The van der Waals surface area contributed by atoms with Crippen LogP contribution in [0.15, 0.2) is 12.2 Å². The molecule has 1 aliphatic heterocycles. The van der Waals surface area contributed by atoms with Crippen LogP contribution < -0.4 is 39.6 Å². The predicted molar refractivity (Wildman–Crippen MR) is 95.4 cm³/mol. The molecule has 2 rings (SSSR count). The van der Waals surface area contributed by atoms with Gasteiger partial charge in [-0.3, -0.25) is 0 Å². The molecule has 0 bridgehead atoms. The Labute approximate surface area is 150 Å². The molecule has 1 heterocycles. The zero-order valence-corrected chi connectivity index (χ0v) is 20.2. The summed E-state index contributed by atoms with van der Waals surface area (Å²) in [6.07, 6.45) is 3.03. The molecule has 0 aromatic rings. The maximum atomic E-state index is 4.69. The second-order valence-electron chi connectivity index (χ2n) is 6.25. The average molecular weight is 616 g/mol. The van der Waals surface area contributed by atoms with Crippen LogP contribution in [0.25, 0.3) is 0 Å². The molecule has 20 heavy (non-hydrogen) atoms. The molecule has 1 aliphatic carbocycles. The molecule has 1 saturated heterocycles. The van der Waals surface area contributed by atoms with E-state index in [9.17, 15) is 0 Å². The van der Waals surface area contributed by atoms with Crippen molar-refractivity contribution in [3.05, 3.63) is 12.2 Å². The third-order valence-electron chi connectivity index (χ3n) is 5.37. The number of rotatable bonds is 4. The van der Waals surface area contributed by atoms with Crippen molar-refractivity contribution in [1.82, 2.24) is 0 Å². The first kappa shape index (κ1) is 18.1. The van der Waals surface area contributed by atoms with Gasteiger partial charge in [-0.2, -0.15) is 0 Å². The zero-order chi connectivity index (χ0) is 14.9. The molecule has 0 radical (unpaired) electrons. The summed E-state index contributed by atoms with van der Waals surface area (Å²) in [6, 6.07) is 0. The fourth-order valence-corrected chi connectivity index (χ4v) is 25.7. The number of halogens is 3. The molecule has 1 saturated carbocycles. The van der Waals surface area contributed by atoms with E-state index < -0.39 is 18.4 Å². The minimum atomic E-state index is -1.55. The van der Waals surface area contributed by atoms with E-state index >= 15 is 0 Å². The van der Waals surface area contributed by atoms with Crippen LogP contribution in [0.5, 0.6) is 0 Å². The van der Waals surface area contributed by atoms with Crippen LogP contribution in [-0.2, 0) is 0 Å². The van der Waals surface area contributed by atoms with E-state index in [1.165, 1.54) is 12.8 Å². The Morgan fingerprint density at radius 3 is 2.70 bits per heavy atom. The van der Waals surface area contributed by atoms with Crippen molar-refractivity contribution in [2.24, 2.45) is 11.8 Å². The molecule has 0 amide bonds. The first-order valence-corrected chi connectivity index (χ1v) is 20.1. The Morgan fingerprint density at radius 1 is 1.50 bits per heavy atom. The van der Waals surface area contributed by atoms with Gasteiger partial charge in [0.15, 0.2) is 0 Å². The summed E-state index contributed by atoms with van der Waals surface area (Å²) in [5.74, 6) is 1.81. The summed E-state index contributed by atoms with van der Waals surface area (Å²) < 4.78 is 8.81. The predicted octanol–water partition coefficient (Wildman–Crippen LogP) is -1.97. The summed E-state index contributed by atoms with van der Waals surface area (Å²) in [6.45, 7) is 12.3. The maximum absolute atomic E-state index is 4.69. The SMILES string of the molecule is C=C1C(C(C)[I-]C)C(C)CC1[I-]1(CC)CCC(=IC)C1. The molecule has 2 aliphatic rings. The van der Waals surface area contributed by atoms with Gasteiger partial charge >= 0.3 is 152 Å². The van der Waals surface area contributed by atoms with Gasteiger partial charge in [-0.15, -0.1) is 0 Å². The van der Waals surface area contributed by atoms with Gasteiger partial charge < -0.3 is 0 Å². The first-order valence-electron chi connectivity index (χ1n) is 7.67. The van der Waals surface area contributed by atoms with E-state index in [2.05, 4.69) is 37.2 Å². The van der Waals surface area contributed by atoms with Crippen LogP contribution in [0, 0.1) is 11.8 Å². The quantitative estimate of drug-likeness (QED) is 0.196. The van der Waals surface area contributed by atoms with Crippen molar-refractivity contribution in [3.8, 4) is 0 Å². The third-order valence-corrected chi connectivity index (χ3v) is 24.7. The molecule has 122 valence electrons. The van der Waals surface area contributed by atoms with E-state index in [1.54, 1.807) is 18.9 Å². The van der Waals surface area contributed by atoms with E-state index in [0.29, 0.717) is 41.9 Å². The third kappa shape index (κ3) is 3.34. The minimum absolute atomic E-state index is 0.370. The molecule has 0 aromatic carbocycles. The number of hydrogen-bond donors (Lipinski definition) is 0. The second kappa shape index (κ2) is 7.58. The van der Waals surface area contributed by atoms with Gasteiger partial charge in [-0.05, 0) is 0 Å². The van der Waals surface area contributed by atoms with Gasteiger partial charge in [-0.25, -0.2) is 0 Å². The Hall–Kier alpha value is 1.80. The summed E-state index contributed by atoms with van der Waals surface area (Å²) in [5.41, 5.74) is 1.74. The number of hydrogen-bond acceptors (Lipinski definition) is 0. The normalized spacial score (nSPS) is 45.4. The van der Waals surface area contributed by atoms with Crippen LogP contribution in [0.4, 0.5) is 0 Å². The summed E-state index contributed by atoms with van der Waals surface area (Å²) in [5, 5.41) is 0. The van der Waals surface area contributed by atoms with E-state index in [-0.39, 0.29) is 0 Å². The van der Waals surface area contributed by atoms with Crippen molar-refractivity contribution in [2.45, 2.75) is 41.5 Å². The standard InChI is InChI=1S/C17H31I3/c1-7-20(9-8-15(11-20)19-6)16-10-12(2)17(13(16)3)14(4)18-5/h12,14,16-17H,3,7-11H2,1-2,4-6H3/q-2. The van der Waals surface area contributed by atoms with E-state index in [4.69, 9.17) is 0 Å². The van der Waals surface area contributed by atoms with Gasteiger partial charge in [0.1, 0.15) is 0 Å². The molecular weight excluding hydrogens is 585 g/mol. The molecule has 0 aromatic heterocycles. The molecule has 0 nitrogen and oxygen atoms in total. The van der Waals surface area contributed by atoms with E-state index in [1.807, 2.05) is 3.51 Å². The average Bonchev–Trinajstić information content (AvgIpc) is 3.00.